The Bertz CT molecular complexity index is 539. The smallest absolute Gasteiger partial charge is 0.338 e. The van der Waals surface area contributed by atoms with Crippen LogP contribution in [0.2, 0.25) is 0 Å². The van der Waals surface area contributed by atoms with Crippen molar-refractivity contribution in [3.63, 3.8) is 0 Å². The molecule has 114 valence electrons. The van der Waals surface area contributed by atoms with Crippen LogP contribution in [0.3, 0.4) is 0 Å². The molecular formula is C16H21ClN2O2. The maximum atomic E-state index is 11.5. The van der Waals surface area contributed by atoms with Crippen LogP contribution in [0.1, 0.15) is 39.9 Å². The van der Waals surface area contributed by atoms with Gasteiger partial charge in [0.15, 0.2) is 0 Å². The van der Waals surface area contributed by atoms with Crippen LogP contribution in [0.25, 0.3) is 0 Å². The third-order valence-corrected chi connectivity index (χ3v) is 5.03. The number of benzene rings is 1. The maximum Gasteiger partial charge on any atom is 0.338 e. The van der Waals surface area contributed by atoms with Gasteiger partial charge < -0.3 is 9.64 Å². The van der Waals surface area contributed by atoms with Crippen molar-refractivity contribution in [2.24, 2.45) is 0 Å². The molecule has 0 aromatic heterocycles. The molecule has 0 bridgehead atoms. The van der Waals surface area contributed by atoms with E-state index in [9.17, 15) is 4.79 Å². The topological polar surface area (TPSA) is 41.6 Å². The van der Waals surface area contributed by atoms with E-state index >= 15 is 0 Å². The zero-order valence-electron chi connectivity index (χ0n) is 12.3. The Morgan fingerprint density at radius 1 is 1.38 bits per heavy atom. The monoisotopic (exact) mass is 308 g/mol. The largest absolute Gasteiger partial charge is 0.457 e. The zero-order chi connectivity index (χ0) is 14.8. The summed E-state index contributed by atoms with van der Waals surface area (Å²) >= 11 is 5.68. The lowest BCUT2D eigenvalue weighted by atomic mass is 9.96. The Balaban J connectivity index is 1.60. The summed E-state index contributed by atoms with van der Waals surface area (Å²) in [6, 6.07) is 4.44. The number of esters is 1. The van der Waals surface area contributed by atoms with Crippen molar-refractivity contribution in [1.82, 2.24) is 9.74 Å². The first-order chi connectivity index (χ1) is 10.2. The number of halogens is 1. The van der Waals surface area contributed by atoms with Crippen LogP contribution >= 0.6 is 11.8 Å². The lowest BCUT2D eigenvalue weighted by Crippen LogP contribution is -2.40. The number of cyclic esters (lactones) is 1. The fourth-order valence-electron chi connectivity index (χ4n) is 3.21. The Kier molecular flexibility index (Phi) is 4.48. The standard InChI is InChI=1S/C16H21ClN2O2/c1-11-12(2-3-14-15(11)10-21-16(14)20)4-7-19-8-5-13(18-17)6-9-19/h2-3,13,18H,4-10H2,1H3. The summed E-state index contributed by atoms with van der Waals surface area (Å²) in [5.41, 5.74) is 4.35. The highest BCUT2D eigenvalue weighted by Gasteiger charge is 2.24. The van der Waals surface area contributed by atoms with Crippen molar-refractivity contribution in [2.75, 3.05) is 19.6 Å². The van der Waals surface area contributed by atoms with Gasteiger partial charge in [0.2, 0.25) is 0 Å². The molecule has 0 amide bonds. The van der Waals surface area contributed by atoms with Crippen molar-refractivity contribution < 1.29 is 9.53 Å². The van der Waals surface area contributed by atoms with Gasteiger partial charge in [0.05, 0.1) is 5.56 Å². The van der Waals surface area contributed by atoms with Gasteiger partial charge in [0, 0.05) is 18.2 Å². The van der Waals surface area contributed by atoms with Gasteiger partial charge in [-0.15, -0.1) is 0 Å². The molecule has 0 aliphatic carbocycles. The van der Waals surface area contributed by atoms with Crippen molar-refractivity contribution in [3.05, 3.63) is 34.4 Å². The normalized spacial score (nSPS) is 19.6. The Morgan fingerprint density at radius 3 is 2.86 bits per heavy atom. The van der Waals surface area contributed by atoms with Gasteiger partial charge >= 0.3 is 5.97 Å². The molecule has 0 spiro atoms. The van der Waals surface area contributed by atoms with Crippen LogP contribution in [0.15, 0.2) is 12.1 Å². The fourth-order valence-corrected chi connectivity index (χ4v) is 3.43. The van der Waals surface area contributed by atoms with E-state index in [1.54, 1.807) is 0 Å². The number of likely N-dealkylation sites (tertiary alicyclic amines) is 1. The minimum Gasteiger partial charge on any atom is -0.457 e. The van der Waals surface area contributed by atoms with Crippen molar-refractivity contribution >= 4 is 17.7 Å². The first-order valence-corrected chi connectivity index (χ1v) is 7.94. The van der Waals surface area contributed by atoms with E-state index in [2.05, 4.69) is 22.7 Å². The van der Waals surface area contributed by atoms with Crippen LogP contribution in [-0.2, 0) is 17.8 Å². The summed E-state index contributed by atoms with van der Waals surface area (Å²) in [5, 5.41) is 0. The van der Waals surface area contributed by atoms with Crippen LogP contribution in [-0.4, -0.2) is 36.5 Å². The maximum absolute atomic E-state index is 11.5. The lowest BCUT2D eigenvalue weighted by Gasteiger charge is -2.31. The number of nitrogens with zero attached hydrogens (tertiary/aromatic N) is 1. The van der Waals surface area contributed by atoms with E-state index in [1.165, 1.54) is 11.1 Å². The van der Waals surface area contributed by atoms with Gasteiger partial charge in [-0.1, -0.05) is 6.07 Å². The second-order valence-electron chi connectivity index (χ2n) is 5.93. The molecule has 0 saturated carbocycles. The first-order valence-electron chi connectivity index (χ1n) is 7.56. The predicted molar refractivity (Wildman–Crippen MR) is 82.5 cm³/mol. The molecule has 2 heterocycles. The van der Waals surface area contributed by atoms with Gasteiger partial charge in [0.1, 0.15) is 6.61 Å². The van der Waals surface area contributed by atoms with Gasteiger partial charge in [-0.2, -0.15) is 0 Å². The minimum absolute atomic E-state index is 0.185. The van der Waals surface area contributed by atoms with Gasteiger partial charge in [-0.25, -0.2) is 9.63 Å². The molecule has 0 radical (unpaired) electrons. The summed E-state index contributed by atoms with van der Waals surface area (Å²) in [6.07, 6.45) is 3.23. The van der Waals surface area contributed by atoms with Crippen molar-refractivity contribution in [2.45, 2.75) is 38.8 Å². The lowest BCUT2D eigenvalue weighted by molar-refractivity contribution is 0.0535. The quantitative estimate of drug-likeness (QED) is 0.685. The molecule has 1 N–H and O–H groups in total. The molecule has 2 aliphatic heterocycles. The summed E-state index contributed by atoms with van der Waals surface area (Å²) in [6.45, 7) is 5.77. The molecule has 1 aromatic carbocycles. The summed E-state index contributed by atoms with van der Waals surface area (Å²) < 4.78 is 5.11. The van der Waals surface area contributed by atoms with Crippen molar-refractivity contribution in [1.29, 1.82) is 0 Å². The van der Waals surface area contributed by atoms with E-state index in [0.717, 1.165) is 50.0 Å². The summed E-state index contributed by atoms with van der Waals surface area (Å²) in [4.78, 5) is 16.9. The van der Waals surface area contributed by atoms with E-state index in [0.29, 0.717) is 12.6 Å². The van der Waals surface area contributed by atoms with Crippen molar-refractivity contribution in [3.8, 4) is 0 Å². The summed E-state index contributed by atoms with van der Waals surface area (Å²) in [5.74, 6) is -0.185. The third kappa shape index (κ3) is 3.07. The number of carbonyl (C=O) groups is 1. The molecule has 21 heavy (non-hydrogen) atoms. The highest BCUT2D eigenvalue weighted by molar-refractivity contribution is 6.13. The fraction of sp³-hybridized carbons (Fsp3) is 0.562. The molecule has 0 atom stereocenters. The Morgan fingerprint density at radius 2 is 2.14 bits per heavy atom. The molecule has 4 nitrogen and oxygen atoms in total. The second-order valence-corrected chi connectivity index (χ2v) is 6.15. The van der Waals surface area contributed by atoms with E-state index in [-0.39, 0.29) is 5.97 Å². The SMILES string of the molecule is Cc1c(CCN2CCC(NCl)CC2)ccc2c1COC2=O. The van der Waals surface area contributed by atoms with Gasteiger partial charge in [0.25, 0.3) is 0 Å². The number of ether oxygens (including phenoxy) is 1. The van der Waals surface area contributed by atoms with Crippen LogP contribution in [0.5, 0.6) is 0 Å². The molecule has 1 saturated heterocycles. The number of nitrogens with one attached hydrogen (secondary N) is 1. The molecule has 1 aromatic rings. The molecule has 1 fully saturated rings. The molecule has 3 rings (SSSR count). The molecule has 2 aliphatic rings. The average molecular weight is 309 g/mol. The number of fused-ring (bicyclic) bond motifs is 1. The van der Waals surface area contributed by atoms with Gasteiger partial charge in [-0.3, -0.25) is 0 Å². The number of piperidine rings is 1. The van der Waals surface area contributed by atoms with Crippen LogP contribution in [0.4, 0.5) is 0 Å². The number of carbonyl (C=O) groups excluding carboxylic acids is 1. The Labute approximate surface area is 130 Å². The minimum atomic E-state index is -0.185. The number of hydrogen-bond donors (Lipinski definition) is 1. The van der Waals surface area contributed by atoms with E-state index < -0.39 is 0 Å². The van der Waals surface area contributed by atoms with Crippen LogP contribution < -0.4 is 4.84 Å². The summed E-state index contributed by atoms with van der Waals surface area (Å²) in [7, 11) is 0. The first kappa shape index (κ1) is 14.8. The highest BCUT2D eigenvalue weighted by atomic mass is 35.5. The highest BCUT2D eigenvalue weighted by Crippen LogP contribution is 2.26. The van der Waals surface area contributed by atoms with Crippen LogP contribution in [0, 0.1) is 6.92 Å². The Hall–Kier alpha value is -1.10. The number of rotatable bonds is 4. The molecule has 0 unspecified atom stereocenters. The van der Waals surface area contributed by atoms with Gasteiger partial charge in [-0.05, 0) is 68.2 Å². The zero-order valence-corrected chi connectivity index (χ0v) is 13.1. The molecule has 5 heteroatoms. The second kappa shape index (κ2) is 6.34. The number of hydrogen-bond acceptors (Lipinski definition) is 4. The molecular weight excluding hydrogens is 288 g/mol. The average Bonchev–Trinajstić information content (AvgIpc) is 2.89. The van der Waals surface area contributed by atoms with E-state index in [4.69, 9.17) is 16.5 Å². The van der Waals surface area contributed by atoms with E-state index in [1.807, 2.05) is 6.07 Å². The predicted octanol–water partition coefficient (Wildman–Crippen LogP) is 2.42. The third-order valence-electron chi connectivity index (χ3n) is 4.72.